The van der Waals surface area contributed by atoms with E-state index in [9.17, 15) is 14.0 Å². The molecule has 0 fully saturated rings. The molecule has 0 saturated heterocycles. The summed E-state index contributed by atoms with van der Waals surface area (Å²) in [5, 5.41) is 3.65. The summed E-state index contributed by atoms with van der Waals surface area (Å²) in [6.45, 7) is 0.490. The second-order valence-corrected chi connectivity index (χ2v) is 8.16. The van der Waals surface area contributed by atoms with Crippen LogP contribution in [-0.2, 0) is 11.2 Å². The topological polar surface area (TPSA) is 77.6 Å². The minimum Gasteiger partial charge on any atom is -0.351 e. The molecule has 0 spiro atoms. The fraction of sp³-hybridized carbons (Fsp3) is 0.115. The third kappa shape index (κ3) is 3.12. The van der Waals surface area contributed by atoms with E-state index in [1.165, 1.54) is 6.07 Å². The molecule has 0 saturated carbocycles. The van der Waals surface area contributed by atoms with Gasteiger partial charge in [-0.3, -0.25) is 9.59 Å². The SMILES string of the molecule is O=C(N[C@H]1N=C(c2ccccc2F)c2cccc3c2N(CC3)C1=O)c1cc2ccccc2[nH]1. The highest BCUT2D eigenvalue weighted by atomic mass is 19.1. The molecule has 2 N–H and O–H groups in total. The number of halogens is 1. The van der Waals surface area contributed by atoms with E-state index in [-0.39, 0.29) is 11.5 Å². The van der Waals surface area contributed by atoms with Crippen molar-refractivity contribution in [3.8, 4) is 0 Å². The van der Waals surface area contributed by atoms with E-state index in [2.05, 4.69) is 15.3 Å². The number of aromatic amines is 1. The molecule has 0 radical (unpaired) electrons. The van der Waals surface area contributed by atoms with Crippen molar-refractivity contribution in [2.45, 2.75) is 12.6 Å². The zero-order valence-electron chi connectivity index (χ0n) is 17.5. The number of hydrogen-bond acceptors (Lipinski definition) is 3. The van der Waals surface area contributed by atoms with Crippen LogP contribution in [0.15, 0.2) is 77.8 Å². The van der Waals surface area contributed by atoms with Gasteiger partial charge in [-0.05, 0) is 36.2 Å². The van der Waals surface area contributed by atoms with Gasteiger partial charge in [0.15, 0.2) is 0 Å². The molecule has 2 aliphatic rings. The number of nitrogens with one attached hydrogen (secondary N) is 2. The standard InChI is InChI=1S/C26H19FN4O2/c27-19-10-3-2-8-17(19)22-18-9-5-7-15-12-13-31(23(15)18)26(33)24(29-22)30-25(32)21-14-16-6-1-4-11-20(16)28-21/h1-11,14,24,28H,12-13H2,(H,30,32)/t24-/m1/s1. The van der Waals surface area contributed by atoms with Crippen molar-refractivity contribution in [3.05, 3.63) is 101 Å². The van der Waals surface area contributed by atoms with Crippen molar-refractivity contribution in [1.29, 1.82) is 0 Å². The van der Waals surface area contributed by atoms with Gasteiger partial charge in [0.05, 0.1) is 11.4 Å². The number of anilines is 1. The highest BCUT2D eigenvalue weighted by Gasteiger charge is 2.37. The Hall–Kier alpha value is -4.26. The van der Waals surface area contributed by atoms with Gasteiger partial charge in [-0.1, -0.05) is 48.5 Å². The Balaban J connectivity index is 1.45. The molecule has 1 aromatic heterocycles. The maximum atomic E-state index is 14.8. The summed E-state index contributed by atoms with van der Waals surface area (Å²) in [7, 11) is 0. The number of aliphatic imine (C=N–C) groups is 1. The number of benzene rings is 3. The van der Waals surface area contributed by atoms with Crippen molar-refractivity contribution >= 4 is 34.1 Å². The van der Waals surface area contributed by atoms with E-state index in [1.807, 2.05) is 42.5 Å². The lowest BCUT2D eigenvalue weighted by Crippen LogP contribution is -2.47. The number of H-pyrrole nitrogens is 1. The Labute approximate surface area is 188 Å². The molecule has 33 heavy (non-hydrogen) atoms. The summed E-state index contributed by atoms with van der Waals surface area (Å²) in [5.41, 5.74) is 4.23. The molecule has 3 heterocycles. The molecule has 3 aromatic carbocycles. The average molecular weight is 438 g/mol. The van der Waals surface area contributed by atoms with Crippen LogP contribution in [0.5, 0.6) is 0 Å². The van der Waals surface area contributed by atoms with Crippen LogP contribution in [0.4, 0.5) is 10.1 Å². The largest absolute Gasteiger partial charge is 0.351 e. The number of carbonyl (C=O) groups is 2. The average Bonchev–Trinajstić information content (AvgIpc) is 3.44. The third-order valence-corrected chi connectivity index (χ3v) is 6.18. The van der Waals surface area contributed by atoms with Crippen LogP contribution in [0.1, 0.15) is 27.2 Å². The van der Waals surface area contributed by atoms with Crippen molar-refractivity contribution in [1.82, 2.24) is 10.3 Å². The van der Waals surface area contributed by atoms with Gasteiger partial charge < -0.3 is 15.2 Å². The molecule has 0 unspecified atom stereocenters. The minimum atomic E-state index is -1.18. The highest BCUT2D eigenvalue weighted by Crippen LogP contribution is 2.36. The number of hydrogen-bond donors (Lipinski definition) is 2. The van der Waals surface area contributed by atoms with Gasteiger partial charge in [0.25, 0.3) is 11.8 Å². The number of nitrogens with zero attached hydrogens (tertiary/aromatic N) is 2. The summed E-state index contributed by atoms with van der Waals surface area (Å²) in [5.74, 6) is -1.22. The molecule has 162 valence electrons. The Morgan fingerprint density at radius 3 is 2.67 bits per heavy atom. The van der Waals surface area contributed by atoms with E-state index in [1.54, 1.807) is 29.2 Å². The quantitative estimate of drug-likeness (QED) is 0.510. The molecule has 7 heteroatoms. The van der Waals surface area contributed by atoms with Crippen molar-refractivity contribution < 1.29 is 14.0 Å². The molecule has 2 amide bonds. The fourth-order valence-electron chi connectivity index (χ4n) is 4.63. The molecule has 0 bridgehead atoms. The Morgan fingerprint density at radius 2 is 1.82 bits per heavy atom. The summed E-state index contributed by atoms with van der Waals surface area (Å²) in [6.07, 6.45) is -0.487. The zero-order chi connectivity index (χ0) is 22.5. The highest BCUT2D eigenvalue weighted by molar-refractivity contribution is 6.21. The van der Waals surface area contributed by atoms with E-state index >= 15 is 0 Å². The smallest absolute Gasteiger partial charge is 0.272 e. The Morgan fingerprint density at radius 1 is 1.03 bits per heavy atom. The van der Waals surface area contributed by atoms with Gasteiger partial charge in [0.2, 0.25) is 6.17 Å². The lowest BCUT2D eigenvalue weighted by atomic mass is 9.98. The molecule has 4 aromatic rings. The van der Waals surface area contributed by atoms with Crippen LogP contribution in [0, 0.1) is 5.82 Å². The van der Waals surface area contributed by atoms with E-state index < -0.39 is 17.9 Å². The summed E-state index contributed by atoms with van der Waals surface area (Å²) >= 11 is 0. The van der Waals surface area contributed by atoms with Gasteiger partial charge in [0, 0.05) is 28.6 Å². The lowest BCUT2D eigenvalue weighted by Gasteiger charge is -2.20. The van der Waals surface area contributed by atoms with Gasteiger partial charge in [-0.2, -0.15) is 0 Å². The molecule has 2 aliphatic heterocycles. The van der Waals surface area contributed by atoms with Crippen molar-refractivity contribution in [2.24, 2.45) is 4.99 Å². The normalized spacial score (nSPS) is 17.0. The van der Waals surface area contributed by atoms with Crippen molar-refractivity contribution in [3.63, 3.8) is 0 Å². The van der Waals surface area contributed by atoms with Crippen LogP contribution < -0.4 is 10.2 Å². The fourth-order valence-corrected chi connectivity index (χ4v) is 4.63. The van der Waals surface area contributed by atoms with Crippen LogP contribution in [-0.4, -0.2) is 35.2 Å². The molecule has 6 nitrogen and oxygen atoms in total. The first-order valence-electron chi connectivity index (χ1n) is 10.7. The number of rotatable bonds is 3. The zero-order valence-corrected chi connectivity index (χ0v) is 17.5. The maximum Gasteiger partial charge on any atom is 0.272 e. The molecular formula is C26H19FN4O2. The number of carbonyl (C=O) groups excluding carboxylic acids is 2. The molecule has 1 atom stereocenters. The summed E-state index contributed by atoms with van der Waals surface area (Å²) < 4.78 is 14.8. The number of amides is 2. The van der Waals surface area contributed by atoms with Crippen LogP contribution in [0.25, 0.3) is 10.9 Å². The Kier molecular flexibility index (Phi) is 4.36. The van der Waals surface area contributed by atoms with E-state index in [0.29, 0.717) is 29.9 Å². The van der Waals surface area contributed by atoms with E-state index in [4.69, 9.17) is 0 Å². The second kappa shape index (κ2) is 7.41. The van der Waals surface area contributed by atoms with Gasteiger partial charge in [0.1, 0.15) is 11.5 Å². The predicted molar refractivity (Wildman–Crippen MR) is 124 cm³/mol. The van der Waals surface area contributed by atoms with Gasteiger partial charge in [-0.15, -0.1) is 0 Å². The number of para-hydroxylation sites is 2. The second-order valence-electron chi connectivity index (χ2n) is 8.16. The predicted octanol–water partition coefficient (Wildman–Crippen LogP) is 3.80. The lowest BCUT2D eigenvalue weighted by molar-refractivity contribution is -0.120. The molecule has 0 aliphatic carbocycles. The third-order valence-electron chi connectivity index (χ3n) is 6.18. The first kappa shape index (κ1) is 19.4. The first-order valence-corrected chi connectivity index (χ1v) is 10.7. The number of fused-ring (bicyclic) bond motifs is 1. The van der Waals surface area contributed by atoms with Gasteiger partial charge in [-0.25, -0.2) is 9.38 Å². The summed E-state index contributed by atoms with van der Waals surface area (Å²) in [6, 6.07) is 21.3. The first-order chi connectivity index (χ1) is 16.1. The summed E-state index contributed by atoms with van der Waals surface area (Å²) in [4.78, 5) is 35.9. The van der Waals surface area contributed by atoms with Crippen molar-refractivity contribution in [2.75, 3.05) is 11.4 Å². The molecular weight excluding hydrogens is 419 g/mol. The minimum absolute atomic E-state index is 0.289. The Bertz CT molecular complexity index is 1440. The number of aromatic nitrogens is 1. The van der Waals surface area contributed by atoms with Crippen LogP contribution in [0.2, 0.25) is 0 Å². The van der Waals surface area contributed by atoms with Gasteiger partial charge >= 0.3 is 0 Å². The van der Waals surface area contributed by atoms with E-state index in [0.717, 1.165) is 22.2 Å². The maximum absolute atomic E-state index is 14.8. The van der Waals surface area contributed by atoms with Crippen LogP contribution >= 0.6 is 0 Å². The monoisotopic (exact) mass is 438 g/mol. The van der Waals surface area contributed by atoms with Crippen LogP contribution in [0.3, 0.4) is 0 Å². The molecule has 6 rings (SSSR count).